The number of H-pyrrole nitrogens is 1. The number of aromatic amines is 1. The van der Waals surface area contributed by atoms with E-state index in [2.05, 4.69) is 69.9 Å². The van der Waals surface area contributed by atoms with Gasteiger partial charge in [-0.15, -0.1) is 0 Å². The first kappa shape index (κ1) is 17.5. The number of piperidine rings is 1. The predicted octanol–water partition coefficient (Wildman–Crippen LogP) is 4.29. The Morgan fingerprint density at radius 3 is 2.89 bits per heavy atom. The van der Waals surface area contributed by atoms with Gasteiger partial charge in [-0.25, -0.2) is 4.98 Å². The third kappa shape index (κ3) is 3.50. The highest BCUT2D eigenvalue weighted by atomic mass is 15.3. The molecular formula is C22H27N5. The summed E-state index contributed by atoms with van der Waals surface area (Å²) in [5, 5.41) is 4.62. The van der Waals surface area contributed by atoms with Crippen molar-refractivity contribution < 1.29 is 0 Å². The van der Waals surface area contributed by atoms with Gasteiger partial charge in [0.05, 0.1) is 5.82 Å². The molecule has 2 atom stereocenters. The van der Waals surface area contributed by atoms with Crippen LogP contribution in [0.25, 0.3) is 11.0 Å². The molecule has 1 saturated heterocycles. The number of aromatic nitrogens is 2. The van der Waals surface area contributed by atoms with E-state index in [1.165, 1.54) is 11.1 Å². The van der Waals surface area contributed by atoms with E-state index in [0.29, 0.717) is 12.0 Å². The number of likely N-dealkylation sites (tertiary alicyclic amines) is 1. The monoisotopic (exact) mass is 361 g/mol. The zero-order chi connectivity index (χ0) is 18.8. The average molecular weight is 361 g/mol. The van der Waals surface area contributed by atoms with Crippen LogP contribution in [0.15, 0.2) is 67.3 Å². The Balaban J connectivity index is 1.52. The van der Waals surface area contributed by atoms with Crippen LogP contribution in [-0.4, -0.2) is 41.0 Å². The molecule has 1 aromatic carbocycles. The van der Waals surface area contributed by atoms with Crippen molar-refractivity contribution in [2.45, 2.75) is 19.4 Å². The number of nitrogens with zero attached hydrogens (tertiary/aromatic N) is 3. The molecule has 0 radical (unpaired) electrons. The average Bonchev–Trinajstić information content (AvgIpc) is 3.17. The lowest BCUT2D eigenvalue weighted by Gasteiger charge is -2.44. The highest BCUT2D eigenvalue weighted by Crippen LogP contribution is 2.31. The highest BCUT2D eigenvalue weighted by Gasteiger charge is 2.30. The third-order valence-electron chi connectivity index (χ3n) is 5.68. The molecule has 4 rings (SSSR count). The van der Waals surface area contributed by atoms with Crippen molar-refractivity contribution in [2.75, 3.05) is 30.4 Å². The molecule has 5 heteroatoms. The number of anilines is 2. The van der Waals surface area contributed by atoms with Gasteiger partial charge in [-0.05, 0) is 36.6 Å². The fraction of sp³-hybridized carbons (Fsp3) is 0.318. The number of hydrogen-bond acceptors (Lipinski definition) is 4. The van der Waals surface area contributed by atoms with E-state index >= 15 is 0 Å². The molecule has 0 saturated carbocycles. The van der Waals surface area contributed by atoms with Crippen LogP contribution in [0.3, 0.4) is 0 Å². The fourth-order valence-electron chi connectivity index (χ4n) is 4.00. The van der Waals surface area contributed by atoms with Gasteiger partial charge in [0.25, 0.3) is 0 Å². The molecule has 2 aromatic heterocycles. The smallest absolute Gasteiger partial charge is 0.139 e. The van der Waals surface area contributed by atoms with E-state index in [9.17, 15) is 0 Å². The Labute approximate surface area is 160 Å². The molecule has 3 heterocycles. The van der Waals surface area contributed by atoms with Crippen molar-refractivity contribution in [1.29, 1.82) is 0 Å². The SMILES string of the molecule is C=C(Nc1ccccc1)N1CC[C@@H](C)C(N(C)c2ccnc3[nH]ccc23)C1. The second kappa shape index (κ2) is 7.35. The molecule has 0 amide bonds. The summed E-state index contributed by atoms with van der Waals surface area (Å²) >= 11 is 0. The van der Waals surface area contributed by atoms with Crippen LogP contribution < -0.4 is 10.2 Å². The normalized spacial score (nSPS) is 19.9. The topological polar surface area (TPSA) is 47.2 Å². The van der Waals surface area contributed by atoms with Crippen LogP contribution in [0, 0.1) is 5.92 Å². The molecular weight excluding hydrogens is 334 g/mol. The summed E-state index contributed by atoms with van der Waals surface area (Å²) in [6.07, 6.45) is 4.98. The summed E-state index contributed by atoms with van der Waals surface area (Å²) in [5.41, 5.74) is 3.24. The molecule has 2 N–H and O–H groups in total. The lowest BCUT2D eigenvalue weighted by atomic mass is 9.92. The molecule has 0 bridgehead atoms. The maximum absolute atomic E-state index is 4.42. The summed E-state index contributed by atoms with van der Waals surface area (Å²) < 4.78 is 0. The van der Waals surface area contributed by atoms with Crippen molar-refractivity contribution in [1.82, 2.24) is 14.9 Å². The molecule has 1 aliphatic heterocycles. The zero-order valence-electron chi connectivity index (χ0n) is 16.0. The van der Waals surface area contributed by atoms with Gasteiger partial charge in [0.15, 0.2) is 0 Å². The summed E-state index contributed by atoms with van der Waals surface area (Å²) in [6, 6.07) is 14.9. The molecule has 140 valence electrons. The summed E-state index contributed by atoms with van der Waals surface area (Å²) in [5.74, 6) is 1.57. The molecule has 0 aliphatic carbocycles. The van der Waals surface area contributed by atoms with Crippen molar-refractivity contribution in [3.8, 4) is 0 Å². The minimum atomic E-state index is 0.411. The summed E-state index contributed by atoms with van der Waals surface area (Å²) in [6.45, 7) is 8.61. The summed E-state index contributed by atoms with van der Waals surface area (Å²) in [4.78, 5) is 12.4. The largest absolute Gasteiger partial charge is 0.369 e. The minimum Gasteiger partial charge on any atom is -0.369 e. The van der Waals surface area contributed by atoms with Gasteiger partial charge in [-0.3, -0.25) is 0 Å². The maximum Gasteiger partial charge on any atom is 0.139 e. The number of pyridine rings is 1. The summed E-state index contributed by atoms with van der Waals surface area (Å²) in [7, 11) is 2.19. The first-order valence-electron chi connectivity index (χ1n) is 9.54. The molecule has 27 heavy (non-hydrogen) atoms. The van der Waals surface area contributed by atoms with Crippen LogP contribution in [0.5, 0.6) is 0 Å². The lowest BCUT2D eigenvalue weighted by molar-refractivity contribution is 0.206. The first-order chi connectivity index (χ1) is 13.1. The number of rotatable bonds is 5. The Hall–Kier alpha value is -2.95. The number of nitrogens with one attached hydrogen (secondary N) is 2. The Morgan fingerprint density at radius 1 is 1.26 bits per heavy atom. The van der Waals surface area contributed by atoms with Gasteiger partial charge < -0.3 is 20.1 Å². The second-order valence-corrected chi connectivity index (χ2v) is 7.40. The van der Waals surface area contributed by atoms with E-state index in [1.807, 2.05) is 30.6 Å². The predicted molar refractivity (Wildman–Crippen MR) is 113 cm³/mol. The molecule has 1 fully saturated rings. The number of hydrogen-bond donors (Lipinski definition) is 2. The van der Waals surface area contributed by atoms with E-state index in [1.54, 1.807) is 0 Å². The van der Waals surface area contributed by atoms with Gasteiger partial charge in [-0.1, -0.05) is 31.7 Å². The molecule has 3 aromatic rings. The fourth-order valence-corrected chi connectivity index (χ4v) is 4.00. The van der Waals surface area contributed by atoms with Crippen LogP contribution in [0.4, 0.5) is 11.4 Å². The van der Waals surface area contributed by atoms with Crippen molar-refractivity contribution in [3.05, 3.63) is 67.3 Å². The van der Waals surface area contributed by atoms with Gasteiger partial charge in [0.1, 0.15) is 5.65 Å². The zero-order valence-corrected chi connectivity index (χ0v) is 16.0. The molecule has 0 spiro atoms. The highest BCUT2D eigenvalue weighted by molar-refractivity contribution is 5.89. The van der Waals surface area contributed by atoms with Gasteiger partial charge in [-0.2, -0.15) is 0 Å². The molecule has 1 unspecified atom stereocenters. The van der Waals surface area contributed by atoms with Crippen molar-refractivity contribution in [2.24, 2.45) is 5.92 Å². The third-order valence-corrected chi connectivity index (χ3v) is 5.68. The minimum absolute atomic E-state index is 0.411. The Kier molecular flexibility index (Phi) is 4.75. The van der Waals surface area contributed by atoms with Crippen LogP contribution in [0.2, 0.25) is 0 Å². The lowest BCUT2D eigenvalue weighted by Crippen LogP contribution is -2.51. The van der Waals surface area contributed by atoms with E-state index in [4.69, 9.17) is 0 Å². The quantitative estimate of drug-likeness (QED) is 0.712. The number of benzene rings is 1. The first-order valence-corrected chi connectivity index (χ1v) is 9.54. The van der Waals surface area contributed by atoms with Crippen LogP contribution in [-0.2, 0) is 0 Å². The number of para-hydroxylation sites is 1. The van der Waals surface area contributed by atoms with Crippen molar-refractivity contribution >= 4 is 22.4 Å². The van der Waals surface area contributed by atoms with E-state index in [0.717, 1.165) is 36.7 Å². The van der Waals surface area contributed by atoms with Crippen LogP contribution >= 0.6 is 0 Å². The Morgan fingerprint density at radius 2 is 2.07 bits per heavy atom. The standard InChI is InChI=1S/C22H27N5/c1-16-11-14-27(17(2)25-18-7-5-4-6-8-18)15-21(16)26(3)20-10-13-24-22-19(20)9-12-23-22/h4-10,12-13,16,21,25H,2,11,14-15H2,1,3H3,(H,23,24)/t16-,21?/m1/s1. The van der Waals surface area contributed by atoms with Gasteiger partial charge in [0, 0.05) is 55.3 Å². The number of likely N-dealkylation sites (N-methyl/N-ethyl adjacent to an activating group) is 1. The Bertz CT molecular complexity index is 917. The molecule has 5 nitrogen and oxygen atoms in total. The van der Waals surface area contributed by atoms with Gasteiger partial charge in [0.2, 0.25) is 0 Å². The van der Waals surface area contributed by atoms with Gasteiger partial charge >= 0.3 is 0 Å². The maximum atomic E-state index is 4.42. The van der Waals surface area contributed by atoms with E-state index in [-0.39, 0.29) is 0 Å². The van der Waals surface area contributed by atoms with Crippen LogP contribution in [0.1, 0.15) is 13.3 Å². The molecule has 1 aliphatic rings. The number of fused-ring (bicyclic) bond motifs is 1. The second-order valence-electron chi connectivity index (χ2n) is 7.40. The van der Waals surface area contributed by atoms with Crippen molar-refractivity contribution in [3.63, 3.8) is 0 Å². The van der Waals surface area contributed by atoms with E-state index < -0.39 is 0 Å².